The molecule has 2 heterocycles. The molecule has 35 heavy (non-hydrogen) atoms. The normalized spacial score (nSPS) is 20.9. The molecule has 3 aromatic carbocycles. The lowest BCUT2D eigenvalue weighted by Crippen LogP contribution is -2.34. The number of phenolic OH excluding ortho intramolecular Hbond substituents is 1. The number of halogens is 3. The second kappa shape index (κ2) is 9.38. The summed E-state index contributed by atoms with van der Waals surface area (Å²) in [6, 6.07) is 18.5. The molecule has 182 valence electrons. The number of ether oxygens (including phenoxy) is 1. The Morgan fingerprint density at radius 3 is 2.20 bits per heavy atom. The lowest BCUT2D eigenvalue weighted by molar-refractivity contribution is -0.137. The third-order valence-corrected chi connectivity index (χ3v) is 7.10. The zero-order chi connectivity index (χ0) is 24.6. The van der Waals surface area contributed by atoms with E-state index < -0.39 is 17.8 Å². The van der Waals surface area contributed by atoms with E-state index >= 15 is 0 Å². The van der Waals surface area contributed by atoms with E-state index in [2.05, 4.69) is 17.0 Å². The molecule has 0 spiro atoms. The highest BCUT2D eigenvalue weighted by atomic mass is 19.4. The number of aromatic hydroxyl groups is 1. The fourth-order valence-electron chi connectivity index (χ4n) is 5.15. The number of nitrogens with zero attached hydrogens (tertiary/aromatic N) is 1. The van der Waals surface area contributed by atoms with Crippen molar-refractivity contribution in [3.63, 3.8) is 0 Å². The van der Waals surface area contributed by atoms with Gasteiger partial charge in [-0.25, -0.2) is 0 Å². The van der Waals surface area contributed by atoms with Gasteiger partial charge in [-0.1, -0.05) is 30.3 Å². The third kappa shape index (κ3) is 4.78. The van der Waals surface area contributed by atoms with Crippen molar-refractivity contribution >= 4 is 12.0 Å². The van der Waals surface area contributed by atoms with Gasteiger partial charge < -0.3 is 19.5 Å². The van der Waals surface area contributed by atoms with Crippen molar-refractivity contribution in [3.8, 4) is 5.75 Å². The van der Waals surface area contributed by atoms with Crippen molar-refractivity contribution in [2.24, 2.45) is 5.92 Å². The standard InChI is InChI=1S/C28H26F3NO3/c29-28(30,31)22-5-1-20(2-6-22)27-26(25-10-9-24(34)15-21(25)17-35-27)19-3-7-23(8-4-19)32-13-11-18(16-33)12-14-32/h1-10,15-16,18,26-27,34H,11-14,17H2/t26-,27-/m0/s1. The van der Waals surface area contributed by atoms with Crippen LogP contribution in [0.4, 0.5) is 18.9 Å². The van der Waals surface area contributed by atoms with Gasteiger partial charge in [0.05, 0.1) is 18.3 Å². The summed E-state index contributed by atoms with van der Waals surface area (Å²) in [5.74, 6) is 0.0291. The van der Waals surface area contributed by atoms with Crippen molar-refractivity contribution in [1.29, 1.82) is 0 Å². The van der Waals surface area contributed by atoms with E-state index in [1.165, 1.54) is 12.1 Å². The number of benzene rings is 3. The minimum Gasteiger partial charge on any atom is -0.508 e. The SMILES string of the molecule is O=CC1CCN(c2ccc([C@H]3c4ccc(O)cc4CO[C@H]3c3ccc(C(F)(F)F)cc3)cc2)CC1. The van der Waals surface area contributed by atoms with E-state index in [4.69, 9.17) is 4.74 Å². The molecule has 5 rings (SSSR count). The first-order chi connectivity index (χ1) is 16.8. The van der Waals surface area contributed by atoms with Crippen LogP contribution in [0.5, 0.6) is 5.75 Å². The van der Waals surface area contributed by atoms with Crippen molar-refractivity contribution in [1.82, 2.24) is 0 Å². The summed E-state index contributed by atoms with van der Waals surface area (Å²) in [7, 11) is 0. The quantitative estimate of drug-likeness (QED) is 0.449. The molecule has 0 saturated carbocycles. The molecule has 7 heteroatoms. The van der Waals surface area contributed by atoms with Crippen LogP contribution in [0.3, 0.4) is 0 Å². The third-order valence-electron chi connectivity index (χ3n) is 7.10. The Kier molecular flexibility index (Phi) is 6.28. The number of aldehydes is 1. The number of carbonyl (C=O) groups excluding carboxylic acids is 1. The van der Waals surface area contributed by atoms with Gasteiger partial charge in [-0.2, -0.15) is 13.2 Å². The molecule has 2 atom stereocenters. The Hall–Kier alpha value is -3.32. The van der Waals surface area contributed by atoms with Crippen molar-refractivity contribution in [3.05, 3.63) is 94.5 Å². The number of hydrogen-bond acceptors (Lipinski definition) is 4. The lowest BCUT2D eigenvalue weighted by atomic mass is 9.79. The molecule has 2 aliphatic heterocycles. The van der Waals surface area contributed by atoms with Gasteiger partial charge in [0.1, 0.15) is 12.0 Å². The van der Waals surface area contributed by atoms with Crippen molar-refractivity contribution in [2.45, 2.75) is 37.6 Å². The summed E-state index contributed by atoms with van der Waals surface area (Å²) < 4.78 is 45.5. The fourth-order valence-corrected chi connectivity index (χ4v) is 5.15. The monoisotopic (exact) mass is 481 g/mol. The topological polar surface area (TPSA) is 49.8 Å². The largest absolute Gasteiger partial charge is 0.508 e. The van der Waals surface area contributed by atoms with Crippen LogP contribution in [0.1, 0.15) is 52.7 Å². The van der Waals surface area contributed by atoms with Gasteiger partial charge in [-0.15, -0.1) is 0 Å². The smallest absolute Gasteiger partial charge is 0.416 e. The van der Waals surface area contributed by atoms with Gasteiger partial charge in [0.15, 0.2) is 0 Å². The van der Waals surface area contributed by atoms with Crippen LogP contribution in [0.25, 0.3) is 0 Å². The van der Waals surface area contributed by atoms with Crippen molar-refractivity contribution in [2.75, 3.05) is 18.0 Å². The lowest BCUT2D eigenvalue weighted by Gasteiger charge is -2.35. The molecule has 1 fully saturated rings. The second-order valence-corrected chi connectivity index (χ2v) is 9.26. The maximum absolute atomic E-state index is 13.1. The first kappa shape index (κ1) is 23.4. The van der Waals surface area contributed by atoms with Crippen LogP contribution in [-0.4, -0.2) is 24.5 Å². The predicted molar refractivity (Wildman–Crippen MR) is 126 cm³/mol. The van der Waals surface area contributed by atoms with Crippen molar-refractivity contribution < 1.29 is 27.8 Å². The average molecular weight is 482 g/mol. The molecule has 1 saturated heterocycles. The Morgan fingerprint density at radius 2 is 1.57 bits per heavy atom. The van der Waals surface area contributed by atoms with Crippen LogP contribution in [-0.2, 0) is 22.3 Å². The van der Waals surface area contributed by atoms with Gasteiger partial charge in [0.2, 0.25) is 0 Å². The van der Waals surface area contributed by atoms with Crippen LogP contribution >= 0.6 is 0 Å². The molecule has 2 aliphatic rings. The Balaban J connectivity index is 1.47. The van der Waals surface area contributed by atoms with E-state index in [9.17, 15) is 23.1 Å². The van der Waals surface area contributed by atoms with Crippen LogP contribution in [0.2, 0.25) is 0 Å². The summed E-state index contributed by atoms with van der Waals surface area (Å²) in [4.78, 5) is 13.3. The highest BCUT2D eigenvalue weighted by Gasteiger charge is 2.35. The predicted octanol–water partition coefficient (Wildman–Crippen LogP) is 6.23. The Labute approximate surface area is 202 Å². The molecule has 0 amide bonds. The number of hydrogen-bond donors (Lipinski definition) is 1. The second-order valence-electron chi connectivity index (χ2n) is 9.26. The molecule has 0 bridgehead atoms. The summed E-state index contributed by atoms with van der Waals surface area (Å²) in [6.07, 6.45) is -2.14. The number of anilines is 1. The van der Waals surface area contributed by atoms with Gasteiger partial charge in [-0.3, -0.25) is 0 Å². The van der Waals surface area contributed by atoms with E-state index in [1.54, 1.807) is 12.1 Å². The first-order valence-electron chi connectivity index (χ1n) is 11.7. The van der Waals surface area contributed by atoms with Gasteiger partial charge in [0, 0.05) is 30.6 Å². The molecule has 0 radical (unpaired) electrons. The summed E-state index contributed by atoms with van der Waals surface area (Å²) in [5.41, 5.74) is 3.87. The molecular formula is C28H26F3NO3. The molecular weight excluding hydrogens is 455 g/mol. The molecule has 1 N–H and O–H groups in total. The average Bonchev–Trinajstić information content (AvgIpc) is 2.87. The molecule has 0 unspecified atom stereocenters. The van der Waals surface area contributed by atoms with Gasteiger partial charge >= 0.3 is 6.18 Å². The number of rotatable bonds is 4. The Bertz CT molecular complexity index is 1180. The highest BCUT2D eigenvalue weighted by molar-refractivity contribution is 5.56. The molecule has 0 aromatic heterocycles. The minimum atomic E-state index is -4.40. The van der Waals surface area contributed by atoms with Gasteiger partial charge in [-0.05, 0) is 71.5 Å². The molecule has 4 nitrogen and oxygen atoms in total. The van der Waals surface area contributed by atoms with E-state index in [-0.39, 0.29) is 24.2 Å². The minimum absolute atomic E-state index is 0.127. The Morgan fingerprint density at radius 1 is 0.914 bits per heavy atom. The fraction of sp³-hybridized carbons (Fsp3) is 0.321. The van der Waals surface area contributed by atoms with E-state index in [0.29, 0.717) is 5.56 Å². The maximum Gasteiger partial charge on any atom is 0.416 e. The number of piperidine rings is 1. The molecule has 3 aromatic rings. The van der Waals surface area contributed by atoms with E-state index in [1.807, 2.05) is 18.2 Å². The highest BCUT2D eigenvalue weighted by Crippen LogP contribution is 2.46. The zero-order valence-corrected chi connectivity index (χ0v) is 19.0. The van der Waals surface area contributed by atoms with Crippen LogP contribution < -0.4 is 4.90 Å². The summed E-state index contributed by atoms with van der Waals surface area (Å²) >= 11 is 0. The number of carbonyl (C=O) groups is 1. The number of phenols is 1. The first-order valence-corrected chi connectivity index (χ1v) is 11.7. The van der Waals surface area contributed by atoms with E-state index in [0.717, 1.165) is 66.7 Å². The summed E-state index contributed by atoms with van der Waals surface area (Å²) in [6.45, 7) is 1.91. The number of alkyl halides is 3. The summed E-state index contributed by atoms with van der Waals surface area (Å²) in [5, 5.41) is 9.96. The molecule has 0 aliphatic carbocycles. The van der Waals surface area contributed by atoms with Crippen LogP contribution in [0.15, 0.2) is 66.7 Å². The number of fused-ring (bicyclic) bond motifs is 1. The maximum atomic E-state index is 13.1. The van der Waals surface area contributed by atoms with Gasteiger partial charge in [0.25, 0.3) is 0 Å². The zero-order valence-electron chi connectivity index (χ0n) is 19.0. The van der Waals surface area contributed by atoms with Crippen LogP contribution in [0, 0.1) is 5.92 Å².